The number of rotatable bonds is 6. The Morgan fingerprint density at radius 2 is 2.10 bits per heavy atom. The first kappa shape index (κ1) is 19.4. The molecule has 0 aliphatic carbocycles. The average Bonchev–Trinajstić information content (AvgIpc) is 3.19. The number of nitrogens with one attached hydrogen (secondary N) is 2. The number of hydrogen-bond acceptors (Lipinski definition) is 3. The van der Waals surface area contributed by atoms with Crippen molar-refractivity contribution < 1.29 is 14.3 Å². The molecule has 29 heavy (non-hydrogen) atoms. The van der Waals surface area contributed by atoms with Gasteiger partial charge in [0.05, 0.1) is 6.61 Å². The number of nitrogens with zero attached hydrogens (tertiary/aromatic N) is 1. The monoisotopic (exact) mass is 453 g/mol. The van der Waals surface area contributed by atoms with Gasteiger partial charge in [-0.3, -0.25) is 9.59 Å². The quantitative estimate of drug-likeness (QED) is 0.441. The second-order valence-electron chi connectivity index (χ2n) is 6.77. The lowest BCUT2D eigenvalue weighted by Gasteiger charge is -2.07. The highest BCUT2D eigenvalue weighted by molar-refractivity contribution is 9.10. The van der Waals surface area contributed by atoms with Gasteiger partial charge in [0, 0.05) is 57.6 Å². The second-order valence-corrected chi connectivity index (χ2v) is 7.69. The Labute approximate surface area is 176 Å². The van der Waals surface area contributed by atoms with Gasteiger partial charge in [0.2, 0.25) is 5.91 Å². The lowest BCUT2D eigenvalue weighted by atomic mass is 10.0. The molecule has 0 unspecified atom stereocenters. The molecule has 7 heteroatoms. The van der Waals surface area contributed by atoms with Crippen molar-refractivity contribution in [3.8, 4) is 0 Å². The van der Waals surface area contributed by atoms with Gasteiger partial charge in [0.1, 0.15) is 6.54 Å². The highest BCUT2D eigenvalue weighted by Crippen LogP contribution is 2.35. The SMILES string of the molecule is COCCNC(=O)Cn1cc(/C=C2/C(=O)Nc3ccccc32)c2cc(Br)ccc21. The molecular formula is C22H20BrN3O3. The summed E-state index contributed by atoms with van der Waals surface area (Å²) in [5, 5.41) is 6.70. The number of halogens is 1. The lowest BCUT2D eigenvalue weighted by molar-refractivity contribution is -0.121. The molecule has 4 rings (SSSR count). The Morgan fingerprint density at radius 3 is 2.93 bits per heavy atom. The fourth-order valence-corrected chi connectivity index (χ4v) is 3.84. The van der Waals surface area contributed by atoms with Gasteiger partial charge in [-0.05, 0) is 30.3 Å². The van der Waals surface area contributed by atoms with Crippen LogP contribution in [0.3, 0.4) is 0 Å². The Morgan fingerprint density at radius 1 is 1.28 bits per heavy atom. The van der Waals surface area contributed by atoms with Crippen LogP contribution >= 0.6 is 15.9 Å². The number of methoxy groups -OCH3 is 1. The number of carbonyl (C=O) groups is 2. The van der Waals surface area contributed by atoms with Gasteiger partial charge in [-0.2, -0.15) is 0 Å². The average molecular weight is 454 g/mol. The van der Waals surface area contributed by atoms with Gasteiger partial charge in [-0.1, -0.05) is 34.1 Å². The van der Waals surface area contributed by atoms with E-state index in [1.807, 2.05) is 59.3 Å². The van der Waals surface area contributed by atoms with E-state index < -0.39 is 0 Å². The van der Waals surface area contributed by atoms with Gasteiger partial charge in [0.25, 0.3) is 5.91 Å². The van der Waals surface area contributed by atoms with Gasteiger partial charge < -0.3 is 19.9 Å². The standard InChI is InChI=1S/C22H20BrN3O3/c1-29-9-8-24-21(27)13-26-12-14(17-11-15(23)6-7-20(17)26)10-18-16-4-2-3-5-19(16)25-22(18)28/h2-7,10-12H,8-9,13H2,1H3,(H,24,27)(H,25,28)/b18-10+. The summed E-state index contributed by atoms with van der Waals surface area (Å²) in [7, 11) is 1.60. The highest BCUT2D eigenvalue weighted by Gasteiger charge is 2.24. The van der Waals surface area contributed by atoms with Crippen LogP contribution in [0.4, 0.5) is 5.69 Å². The maximum absolute atomic E-state index is 12.5. The first-order valence-corrected chi connectivity index (χ1v) is 10.0. The van der Waals surface area contributed by atoms with Gasteiger partial charge in [-0.25, -0.2) is 0 Å². The van der Waals surface area contributed by atoms with Crippen LogP contribution in [0.15, 0.2) is 53.1 Å². The Hall–Kier alpha value is -2.90. The number of para-hydroxylation sites is 1. The van der Waals surface area contributed by atoms with E-state index in [0.29, 0.717) is 18.7 Å². The maximum atomic E-state index is 12.5. The summed E-state index contributed by atoms with van der Waals surface area (Å²) >= 11 is 3.52. The zero-order chi connectivity index (χ0) is 20.4. The zero-order valence-corrected chi connectivity index (χ0v) is 17.5. The number of aromatic nitrogens is 1. The molecular weight excluding hydrogens is 434 g/mol. The third kappa shape index (κ3) is 3.97. The largest absolute Gasteiger partial charge is 0.383 e. The van der Waals surface area contributed by atoms with E-state index in [1.165, 1.54) is 0 Å². The predicted octanol–water partition coefficient (Wildman–Crippen LogP) is 3.66. The molecule has 2 aromatic carbocycles. The number of hydrogen-bond donors (Lipinski definition) is 2. The first-order valence-electron chi connectivity index (χ1n) is 9.23. The van der Waals surface area contributed by atoms with E-state index in [2.05, 4.69) is 26.6 Å². The molecule has 0 spiro atoms. The summed E-state index contributed by atoms with van der Waals surface area (Å²) in [6.45, 7) is 1.12. The lowest BCUT2D eigenvalue weighted by Crippen LogP contribution is -2.30. The highest BCUT2D eigenvalue weighted by atomic mass is 79.9. The summed E-state index contributed by atoms with van der Waals surface area (Å²) in [6.07, 6.45) is 3.80. The third-order valence-electron chi connectivity index (χ3n) is 4.83. The maximum Gasteiger partial charge on any atom is 0.256 e. The molecule has 3 aromatic rings. The number of amides is 2. The van der Waals surface area contributed by atoms with Gasteiger partial charge in [0.15, 0.2) is 0 Å². The van der Waals surface area contributed by atoms with Crippen molar-refractivity contribution in [1.82, 2.24) is 9.88 Å². The molecule has 0 bridgehead atoms. The summed E-state index contributed by atoms with van der Waals surface area (Å²) in [5.74, 6) is -0.218. The van der Waals surface area contributed by atoms with Crippen molar-refractivity contribution in [2.24, 2.45) is 0 Å². The number of ether oxygens (including phenoxy) is 1. The molecule has 0 saturated heterocycles. The predicted molar refractivity (Wildman–Crippen MR) is 117 cm³/mol. The van der Waals surface area contributed by atoms with Crippen LogP contribution in [-0.2, 0) is 20.9 Å². The third-order valence-corrected chi connectivity index (χ3v) is 5.32. The van der Waals surface area contributed by atoms with Crippen molar-refractivity contribution in [2.75, 3.05) is 25.6 Å². The topological polar surface area (TPSA) is 72.4 Å². The van der Waals surface area contributed by atoms with Crippen molar-refractivity contribution in [2.45, 2.75) is 6.54 Å². The Bertz CT molecular complexity index is 1130. The molecule has 2 amide bonds. The molecule has 2 heterocycles. The van der Waals surface area contributed by atoms with Gasteiger partial charge in [-0.15, -0.1) is 0 Å². The number of benzene rings is 2. The molecule has 0 radical (unpaired) electrons. The number of fused-ring (bicyclic) bond motifs is 2. The molecule has 2 N–H and O–H groups in total. The molecule has 148 valence electrons. The molecule has 0 fully saturated rings. The van der Waals surface area contributed by atoms with Crippen molar-refractivity contribution >= 4 is 56.0 Å². The van der Waals surface area contributed by atoms with Crippen LogP contribution < -0.4 is 10.6 Å². The van der Waals surface area contributed by atoms with Crippen LogP contribution in [0.1, 0.15) is 11.1 Å². The van der Waals surface area contributed by atoms with E-state index >= 15 is 0 Å². The molecule has 1 aliphatic heterocycles. The minimum Gasteiger partial charge on any atom is -0.383 e. The minimum absolute atomic E-state index is 0.0926. The van der Waals surface area contributed by atoms with Crippen molar-refractivity contribution in [3.05, 3.63) is 64.3 Å². The van der Waals surface area contributed by atoms with E-state index in [0.717, 1.165) is 32.2 Å². The molecule has 6 nitrogen and oxygen atoms in total. The van der Waals surface area contributed by atoms with Crippen LogP contribution in [0.5, 0.6) is 0 Å². The first-order chi connectivity index (χ1) is 14.1. The summed E-state index contributed by atoms with van der Waals surface area (Å²) < 4.78 is 7.80. The van der Waals surface area contributed by atoms with Crippen molar-refractivity contribution in [3.63, 3.8) is 0 Å². The van der Waals surface area contributed by atoms with E-state index in [1.54, 1.807) is 7.11 Å². The minimum atomic E-state index is -0.126. The summed E-state index contributed by atoms with van der Waals surface area (Å²) in [4.78, 5) is 24.8. The summed E-state index contributed by atoms with van der Waals surface area (Å²) in [6, 6.07) is 13.5. The van der Waals surface area contributed by atoms with Crippen LogP contribution in [0.2, 0.25) is 0 Å². The second kappa shape index (κ2) is 8.23. The van der Waals surface area contributed by atoms with Crippen LogP contribution in [0.25, 0.3) is 22.6 Å². The molecule has 0 saturated carbocycles. The fourth-order valence-electron chi connectivity index (χ4n) is 3.48. The molecule has 0 atom stereocenters. The van der Waals surface area contributed by atoms with E-state index in [-0.39, 0.29) is 18.4 Å². The van der Waals surface area contributed by atoms with Crippen LogP contribution in [0, 0.1) is 0 Å². The summed E-state index contributed by atoms with van der Waals surface area (Å²) in [5.41, 5.74) is 4.11. The van der Waals surface area contributed by atoms with E-state index in [9.17, 15) is 9.59 Å². The Kier molecular flexibility index (Phi) is 5.51. The smallest absolute Gasteiger partial charge is 0.256 e. The molecule has 1 aromatic heterocycles. The van der Waals surface area contributed by atoms with Crippen molar-refractivity contribution in [1.29, 1.82) is 0 Å². The van der Waals surface area contributed by atoms with Gasteiger partial charge >= 0.3 is 0 Å². The number of carbonyl (C=O) groups excluding carboxylic acids is 2. The Balaban J connectivity index is 1.73. The number of anilines is 1. The van der Waals surface area contributed by atoms with Crippen LogP contribution in [-0.4, -0.2) is 36.6 Å². The van der Waals surface area contributed by atoms with E-state index in [4.69, 9.17) is 4.74 Å². The molecule has 1 aliphatic rings. The normalized spacial score (nSPS) is 14.3. The fraction of sp³-hybridized carbons (Fsp3) is 0.182. The zero-order valence-electron chi connectivity index (χ0n) is 15.9.